The van der Waals surface area contributed by atoms with E-state index >= 15 is 0 Å². The van der Waals surface area contributed by atoms with Crippen LogP contribution in [0.1, 0.15) is 45.5 Å². The molecule has 35 heavy (non-hydrogen) atoms. The highest BCUT2D eigenvalue weighted by molar-refractivity contribution is 7.99. The summed E-state index contributed by atoms with van der Waals surface area (Å²) in [5.74, 6) is -0.186. The predicted octanol–water partition coefficient (Wildman–Crippen LogP) is 2.50. The van der Waals surface area contributed by atoms with Gasteiger partial charge in [-0.3, -0.25) is 14.4 Å². The van der Waals surface area contributed by atoms with E-state index in [0.29, 0.717) is 28.5 Å². The van der Waals surface area contributed by atoms with Crippen LogP contribution in [0.4, 0.5) is 5.69 Å². The van der Waals surface area contributed by atoms with Crippen LogP contribution in [0, 0.1) is 0 Å². The van der Waals surface area contributed by atoms with E-state index in [9.17, 15) is 14.4 Å². The lowest BCUT2D eigenvalue weighted by atomic mass is 10.1. The Bertz CT molecular complexity index is 1170. The maximum absolute atomic E-state index is 12.6. The Morgan fingerprint density at radius 1 is 0.943 bits per heavy atom. The number of rotatable bonds is 8. The number of carbonyl (C=O) groups is 3. The summed E-state index contributed by atoms with van der Waals surface area (Å²) in [5.41, 5.74) is 2.66. The normalized spacial score (nSPS) is 13.3. The first-order chi connectivity index (χ1) is 17.0. The molecule has 1 aliphatic heterocycles. The average molecular weight is 494 g/mol. The van der Waals surface area contributed by atoms with E-state index in [2.05, 4.69) is 26.2 Å². The van der Waals surface area contributed by atoms with Crippen molar-refractivity contribution in [2.75, 3.05) is 24.2 Å². The van der Waals surface area contributed by atoms with Gasteiger partial charge in [0, 0.05) is 43.5 Å². The lowest BCUT2D eigenvalue weighted by Crippen LogP contribution is -2.35. The molecule has 2 aromatic carbocycles. The van der Waals surface area contributed by atoms with Crippen molar-refractivity contribution in [1.29, 1.82) is 0 Å². The highest BCUT2D eigenvalue weighted by Crippen LogP contribution is 2.16. The van der Waals surface area contributed by atoms with Crippen LogP contribution < -0.4 is 10.6 Å². The lowest BCUT2D eigenvalue weighted by Gasteiger charge is -2.26. The number of nitrogens with zero attached hydrogens (tertiary/aromatic N) is 5. The molecule has 4 rings (SSSR count). The van der Waals surface area contributed by atoms with Crippen LogP contribution >= 0.6 is 11.8 Å². The third-order valence-electron chi connectivity index (χ3n) is 5.64. The summed E-state index contributed by atoms with van der Waals surface area (Å²) in [6.07, 6.45) is 3.30. The van der Waals surface area contributed by atoms with Crippen molar-refractivity contribution in [3.05, 3.63) is 65.2 Å². The molecule has 0 radical (unpaired) electrons. The van der Waals surface area contributed by atoms with Crippen LogP contribution in [0.25, 0.3) is 0 Å². The molecule has 2 N–H and O–H groups in total. The summed E-state index contributed by atoms with van der Waals surface area (Å²) in [6, 6.07) is 14.0. The average Bonchev–Trinajstić information content (AvgIpc) is 3.31. The van der Waals surface area contributed by atoms with Gasteiger partial charge in [0.25, 0.3) is 11.8 Å². The molecule has 1 fully saturated rings. The first-order valence-electron chi connectivity index (χ1n) is 11.4. The third kappa shape index (κ3) is 6.66. The summed E-state index contributed by atoms with van der Waals surface area (Å²) < 4.78 is 1.49. The number of hydrogen-bond acceptors (Lipinski definition) is 7. The van der Waals surface area contributed by atoms with Crippen LogP contribution in [-0.4, -0.2) is 61.7 Å². The smallest absolute Gasteiger partial charge is 0.253 e. The Kier molecular flexibility index (Phi) is 8.09. The topological polar surface area (TPSA) is 122 Å². The van der Waals surface area contributed by atoms with Crippen molar-refractivity contribution in [2.45, 2.75) is 31.0 Å². The Hall–Kier alpha value is -3.73. The molecule has 0 saturated carbocycles. The number of aromatic nitrogens is 4. The molecule has 10 nitrogen and oxygen atoms in total. The molecule has 0 aliphatic carbocycles. The number of aryl methyl sites for hydroxylation is 1. The van der Waals surface area contributed by atoms with Crippen LogP contribution in [0.15, 0.2) is 53.7 Å². The number of tetrazole rings is 1. The number of likely N-dealkylation sites (tertiary alicyclic amines) is 1. The zero-order chi connectivity index (χ0) is 24.6. The number of amides is 3. The second-order valence-corrected chi connectivity index (χ2v) is 9.17. The molecule has 0 unspecified atom stereocenters. The second-order valence-electron chi connectivity index (χ2n) is 8.23. The summed E-state index contributed by atoms with van der Waals surface area (Å²) in [4.78, 5) is 39.1. The maximum atomic E-state index is 12.6. The number of anilines is 1. The molecule has 2 heterocycles. The Morgan fingerprint density at radius 2 is 1.63 bits per heavy atom. The van der Waals surface area contributed by atoms with Gasteiger partial charge in [0.05, 0.1) is 5.75 Å². The number of benzene rings is 2. The number of thioether (sulfide) groups is 1. The molecular formula is C24H27N7O3S. The quantitative estimate of drug-likeness (QED) is 0.462. The van der Waals surface area contributed by atoms with Gasteiger partial charge in [0.2, 0.25) is 11.1 Å². The Balaban J connectivity index is 1.23. The van der Waals surface area contributed by atoms with E-state index in [-0.39, 0.29) is 23.5 Å². The molecule has 1 saturated heterocycles. The van der Waals surface area contributed by atoms with E-state index in [1.807, 2.05) is 29.2 Å². The third-order valence-corrected chi connectivity index (χ3v) is 6.65. The van der Waals surface area contributed by atoms with E-state index in [1.54, 1.807) is 31.3 Å². The predicted molar refractivity (Wildman–Crippen MR) is 132 cm³/mol. The number of hydrogen-bond donors (Lipinski definition) is 2. The van der Waals surface area contributed by atoms with Crippen molar-refractivity contribution < 1.29 is 14.4 Å². The summed E-state index contributed by atoms with van der Waals surface area (Å²) in [6.45, 7) is 1.99. The standard InChI is InChI=1S/C24H27N7O3S/c1-30-24(27-28-29-30)35-16-21(32)26-20-11-9-18(10-12-20)22(33)25-15-17-5-7-19(8-6-17)23(34)31-13-3-2-4-14-31/h5-12H,2-4,13-16H2,1H3,(H,25,33)(H,26,32). The first-order valence-corrected chi connectivity index (χ1v) is 12.4. The number of carbonyl (C=O) groups excluding carboxylic acids is 3. The summed E-state index contributed by atoms with van der Waals surface area (Å²) in [5, 5.41) is 17.3. The van der Waals surface area contributed by atoms with E-state index < -0.39 is 0 Å². The van der Waals surface area contributed by atoms with Crippen molar-refractivity contribution >= 4 is 35.2 Å². The molecule has 3 aromatic rings. The van der Waals surface area contributed by atoms with E-state index in [0.717, 1.165) is 31.5 Å². The summed E-state index contributed by atoms with van der Waals surface area (Å²) in [7, 11) is 1.70. The van der Waals surface area contributed by atoms with Crippen LogP contribution in [0.2, 0.25) is 0 Å². The number of piperidine rings is 1. The molecule has 0 spiro atoms. The van der Waals surface area contributed by atoms with Crippen LogP contribution in [-0.2, 0) is 18.4 Å². The van der Waals surface area contributed by atoms with Gasteiger partial charge in [-0.2, -0.15) is 0 Å². The van der Waals surface area contributed by atoms with Crippen LogP contribution in [0.5, 0.6) is 0 Å². The van der Waals surface area contributed by atoms with Gasteiger partial charge in [-0.25, -0.2) is 4.68 Å². The molecule has 3 amide bonds. The Labute approximate surface area is 207 Å². The highest BCUT2D eigenvalue weighted by Gasteiger charge is 2.18. The van der Waals surface area contributed by atoms with E-state index in [1.165, 1.54) is 22.9 Å². The largest absolute Gasteiger partial charge is 0.348 e. The zero-order valence-electron chi connectivity index (χ0n) is 19.4. The van der Waals surface area contributed by atoms with Crippen molar-refractivity contribution in [2.24, 2.45) is 7.05 Å². The minimum absolute atomic E-state index is 0.0664. The molecule has 0 atom stereocenters. The van der Waals surface area contributed by atoms with Crippen molar-refractivity contribution in [3.63, 3.8) is 0 Å². The van der Waals surface area contributed by atoms with Gasteiger partial charge in [0.1, 0.15) is 0 Å². The minimum Gasteiger partial charge on any atom is -0.348 e. The first kappa shape index (κ1) is 24.4. The van der Waals surface area contributed by atoms with Crippen LogP contribution in [0.3, 0.4) is 0 Å². The lowest BCUT2D eigenvalue weighted by molar-refractivity contribution is -0.113. The van der Waals surface area contributed by atoms with Gasteiger partial charge >= 0.3 is 0 Å². The summed E-state index contributed by atoms with van der Waals surface area (Å²) >= 11 is 1.23. The highest BCUT2D eigenvalue weighted by atomic mass is 32.2. The van der Waals surface area contributed by atoms with Crippen molar-refractivity contribution in [3.8, 4) is 0 Å². The van der Waals surface area contributed by atoms with Gasteiger partial charge in [-0.15, -0.1) is 5.10 Å². The fourth-order valence-electron chi connectivity index (χ4n) is 3.70. The second kappa shape index (κ2) is 11.6. The van der Waals surface area contributed by atoms with Gasteiger partial charge in [-0.1, -0.05) is 23.9 Å². The zero-order valence-corrected chi connectivity index (χ0v) is 20.3. The van der Waals surface area contributed by atoms with Gasteiger partial charge in [-0.05, 0) is 71.7 Å². The Morgan fingerprint density at radius 3 is 2.29 bits per heavy atom. The number of nitrogens with one attached hydrogen (secondary N) is 2. The fourth-order valence-corrected chi connectivity index (χ4v) is 4.35. The maximum Gasteiger partial charge on any atom is 0.253 e. The van der Waals surface area contributed by atoms with Crippen molar-refractivity contribution in [1.82, 2.24) is 30.4 Å². The van der Waals surface area contributed by atoms with Gasteiger partial charge in [0.15, 0.2) is 0 Å². The fraction of sp³-hybridized carbons (Fsp3) is 0.333. The molecular weight excluding hydrogens is 466 g/mol. The van der Waals surface area contributed by atoms with Gasteiger partial charge < -0.3 is 15.5 Å². The van der Waals surface area contributed by atoms with E-state index in [4.69, 9.17) is 0 Å². The molecule has 0 bridgehead atoms. The monoisotopic (exact) mass is 493 g/mol. The molecule has 182 valence electrons. The SMILES string of the molecule is Cn1nnnc1SCC(=O)Nc1ccc(C(=O)NCc2ccc(C(=O)N3CCCCC3)cc2)cc1. The minimum atomic E-state index is -0.221. The molecule has 1 aliphatic rings. The molecule has 1 aromatic heterocycles. The molecule has 11 heteroatoms.